The van der Waals surface area contributed by atoms with Crippen molar-refractivity contribution in [2.24, 2.45) is 0 Å². The maximum atomic E-state index is 12.5. The van der Waals surface area contributed by atoms with Gasteiger partial charge in [0.15, 0.2) is 5.65 Å². The van der Waals surface area contributed by atoms with Gasteiger partial charge in [-0.25, -0.2) is 9.50 Å². The number of aryl methyl sites for hydroxylation is 1. The van der Waals surface area contributed by atoms with Gasteiger partial charge in [0, 0.05) is 23.7 Å². The van der Waals surface area contributed by atoms with Crippen LogP contribution in [0.5, 0.6) is 0 Å². The zero-order valence-electron chi connectivity index (χ0n) is 19.3. The van der Waals surface area contributed by atoms with Gasteiger partial charge < -0.3 is 15.7 Å². The number of anilines is 1. The molecule has 176 valence electrons. The molecule has 1 saturated carbocycles. The van der Waals surface area contributed by atoms with Crippen LogP contribution in [-0.2, 0) is 0 Å². The molecule has 0 bridgehead atoms. The lowest BCUT2D eigenvalue weighted by molar-refractivity contribution is 0.0940. The molecule has 0 spiro atoms. The van der Waals surface area contributed by atoms with Crippen LogP contribution in [0.3, 0.4) is 0 Å². The first kappa shape index (κ1) is 22.9. The second-order valence-electron chi connectivity index (χ2n) is 9.25. The molecule has 3 N–H and O–H groups in total. The zero-order valence-corrected chi connectivity index (χ0v) is 21.0. The number of aromatic nitrogens is 3. The number of aliphatic hydroxyl groups is 1. The molecule has 9 heteroatoms. The summed E-state index contributed by atoms with van der Waals surface area (Å²) < 4.78 is 2.98. The van der Waals surface area contributed by atoms with E-state index in [4.69, 9.17) is 5.10 Å². The standard InChI is InChI=1S/C25H27N5O2S2/c1-15-11-16(6-9-18(15)24(31)28-17-7-8-17)20-13-26-23-19(27-14-25(2,3)32)12-21(29-30(20)23)34-22-5-4-10-33-22/h4-6,9-13,17,27,32H,7-8,14H2,1-3H3,(H,28,31). The summed E-state index contributed by atoms with van der Waals surface area (Å²) in [5, 5.41) is 24.4. The fourth-order valence-corrected chi connectivity index (χ4v) is 5.34. The number of imidazole rings is 1. The largest absolute Gasteiger partial charge is 0.389 e. The molecule has 0 radical (unpaired) electrons. The lowest BCUT2D eigenvalue weighted by Gasteiger charge is -2.19. The molecule has 0 aliphatic heterocycles. The Labute approximate surface area is 206 Å². The molecule has 34 heavy (non-hydrogen) atoms. The Morgan fingerprint density at radius 1 is 1.29 bits per heavy atom. The van der Waals surface area contributed by atoms with E-state index in [-0.39, 0.29) is 5.91 Å². The summed E-state index contributed by atoms with van der Waals surface area (Å²) in [6.07, 6.45) is 3.92. The Bertz CT molecular complexity index is 1340. The third-order valence-corrected chi connectivity index (χ3v) is 7.48. The van der Waals surface area contributed by atoms with Crippen LogP contribution in [0.2, 0.25) is 0 Å². The van der Waals surface area contributed by atoms with Crippen molar-refractivity contribution in [3.8, 4) is 11.3 Å². The van der Waals surface area contributed by atoms with Gasteiger partial charge in [0.05, 0.1) is 27.4 Å². The summed E-state index contributed by atoms with van der Waals surface area (Å²) >= 11 is 3.25. The monoisotopic (exact) mass is 493 g/mol. The Kier molecular flexibility index (Phi) is 6.09. The van der Waals surface area contributed by atoms with Crippen molar-refractivity contribution in [1.82, 2.24) is 19.9 Å². The number of hydrogen-bond acceptors (Lipinski definition) is 7. The third-order valence-electron chi connectivity index (χ3n) is 5.54. The summed E-state index contributed by atoms with van der Waals surface area (Å²) in [7, 11) is 0. The van der Waals surface area contributed by atoms with E-state index in [1.807, 2.05) is 47.2 Å². The SMILES string of the molecule is Cc1cc(-c2cnc3c(NCC(C)(C)O)cc(Sc4cccs4)nn23)ccc1C(=O)NC1CC1. The highest BCUT2D eigenvalue weighted by Crippen LogP contribution is 2.34. The molecule has 1 amide bonds. The van der Waals surface area contributed by atoms with Crippen molar-refractivity contribution in [1.29, 1.82) is 0 Å². The number of benzene rings is 1. The first-order valence-corrected chi connectivity index (χ1v) is 12.9. The minimum Gasteiger partial charge on any atom is -0.389 e. The molecule has 1 aliphatic rings. The minimum atomic E-state index is -0.870. The third kappa shape index (κ3) is 5.11. The summed E-state index contributed by atoms with van der Waals surface area (Å²) in [5.41, 5.74) is 4.00. The number of nitrogens with one attached hydrogen (secondary N) is 2. The van der Waals surface area contributed by atoms with Crippen LogP contribution in [-0.4, -0.2) is 43.8 Å². The van der Waals surface area contributed by atoms with Crippen LogP contribution in [0, 0.1) is 6.92 Å². The first-order valence-electron chi connectivity index (χ1n) is 11.3. The van der Waals surface area contributed by atoms with Gasteiger partial charge in [-0.2, -0.15) is 5.10 Å². The average molecular weight is 494 g/mol. The van der Waals surface area contributed by atoms with Crippen molar-refractivity contribution in [3.05, 3.63) is 59.1 Å². The summed E-state index contributed by atoms with van der Waals surface area (Å²) in [6, 6.07) is 12.2. The molecule has 5 rings (SSSR count). The summed E-state index contributed by atoms with van der Waals surface area (Å²) in [4.78, 5) is 17.2. The molecular formula is C25H27N5O2S2. The van der Waals surface area contributed by atoms with Crippen LogP contribution in [0.4, 0.5) is 5.69 Å². The van der Waals surface area contributed by atoms with Gasteiger partial charge in [-0.05, 0) is 68.8 Å². The second-order valence-corrected chi connectivity index (χ2v) is 11.5. The number of carbonyl (C=O) groups excluding carboxylic acids is 1. The Balaban J connectivity index is 1.53. The van der Waals surface area contributed by atoms with Crippen molar-refractivity contribution >= 4 is 40.3 Å². The first-order chi connectivity index (χ1) is 16.3. The number of rotatable bonds is 8. The average Bonchev–Trinajstić information content (AvgIpc) is 3.26. The van der Waals surface area contributed by atoms with Crippen molar-refractivity contribution in [3.63, 3.8) is 0 Å². The minimum absolute atomic E-state index is 0.0180. The molecule has 4 aromatic rings. The fourth-order valence-electron chi connectivity index (χ4n) is 3.63. The van der Waals surface area contributed by atoms with E-state index in [1.165, 1.54) is 0 Å². The number of fused-ring (bicyclic) bond motifs is 1. The van der Waals surface area contributed by atoms with Crippen molar-refractivity contribution in [2.45, 2.75) is 54.5 Å². The Morgan fingerprint density at radius 2 is 2.12 bits per heavy atom. The number of nitrogens with zero attached hydrogens (tertiary/aromatic N) is 3. The van der Waals surface area contributed by atoms with E-state index in [1.54, 1.807) is 43.1 Å². The normalized spacial score (nSPS) is 13.9. The predicted molar refractivity (Wildman–Crippen MR) is 137 cm³/mol. The van der Waals surface area contributed by atoms with Crippen LogP contribution in [0.1, 0.15) is 42.6 Å². The number of carbonyl (C=O) groups is 1. The maximum absolute atomic E-state index is 12.5. The van der Waals surface area contributed by atoms with Gasteiger partial charge >= 0.3 is 0 Å². The molecule has 1 aliphatic carbocycles. The fraction of sp³-hybridized carbons (Fsp3) is 0.320. The van der Waals surface area contributed by atoms with Gasteiger partial charge in [0.2, 0.25) is 0 Å². The quantitative estimate of drug-likeness (QED) is 0.320. The van der Waals surface area contributed by atoms with E-state index in [0.717, 1.165) is 44.6 Å². The van der Waals surface area contributed by atoms with Crippen LogP contribution >= 0.6 is 23.1 Å². The lowest BCUT2D eigenvalue weighted by Crippen LogP contribution is -2.29. The zero-order chi connectivity index (χ0) is 23.9. The van der Waals surface area contributed by atoms with E-state index in [2.05, 4.69) is 21.7 Å². The highest BCUT2D eigenvalue weighted by molar-refractivity contribution is 8.01. The second kappa shape index (κ2) is 9.05. The molecule has 0 saturated heterocycles. The molecular weight excluding hydrogens is 466 g/mol. The van der Waals surface area contributed by atoms with E-state index >= 15 is 0 Å². The number of thiophene rings is 1. The highest BCUT2D eigenvalue weighted by atomic mass is 32.2. The van der Waals surface area contributed by atoms with Crippen LogP contribution < -0.4 is 10.6 Å². The van der Waals surface area contributed by atoms with Gasteiger partial charge in [-0.15, -0.1) is 11.3 Å². The molecule has 7 nitrogen and oxygen atoms in total. The van der Waals surface area contributed by atoms with Gasteiger partial charge in [0.1, 0.15) is 5.03 Å². The number of amides is 1. The summed E-state index contributed by atoms with van der Waals surface area (Å²) in [6.45, 7) is 5.86. The molecule has 1 aromatic carbocycles. The Morgan fingerprint density at radius 3 is 2.79 bits per heavy atom. The molecule has 0 unspecified atom stereocenters. The van der Waals surface area contributed by atoms with Crippen LogP contribution in [0.25, 0.3) is 16.9 Å². The molecule has 0 atom stereocenters. The Hall–Kier alpha value is -2.88. The molecule has 3 aromatic heterocycles. The molecule has 1 fully saturated rings. The smallest absolute Gasteiger partial charge is 0.251 e. The van der Waals surface area contributed by atoms with Crippen molar-refractivity contribution < 1.29 is 9.90 Å². The van der Waals surface area contributed by atoms with Gasteiger partial charge in [-0.1, -0.05) is 23.9 Å². The topological polar surface area (TPSA) is 91.6 Å². The van der Waals surface area contributed by atoms with E-state index < -0.39 is 5.60 Å². The molecule has 3 heterocycles. The predicted octanol–water partition coefficient (Wildman–Crippen LogP) is 4.99. The summed E-state index contributed by atoms with van der Waals surface area (Å²) in [5.74, 6) is -0.0180. The highest BCUT2D eigenvalue weighted by Gasteiger charge is 2.24. The van der Waals surface area contributed by atoms with E-state index in [0.29, 0.717) is 23.8 Å². The maximum Gasteiger partial charge on any atom is 0.251 e. The van der Waals surface area contributed by atoms with Gasteiger partial charge in [-0.3, -0.25) is 4.79 Å². The lowest BCUT2D eigenvalue weighted by atomic mass is 10.0. The van der Waals surface area contributed by atoms with E-state index in [9.17, 15) is 9.90 Å². The van der Waals surface area contributed by atoms with Gasteiger partial charge in [0.25, 0.3) is 5.91 Å². The van der Waals surface area contributed by atoms with Crippen molar-refractivity contribution in [2.75, 3.05) is 11.9 Å². The number of hydrogen-bond donors (Lipinski definition) is 3. The van der Waals surface area contributed by atoms with Crippen LogP contribution in [0.15, 0.2) is 57.2 Å².